The summed E-state index contributed by atoms with van der Waals surface area (Å²) in [6.45, 7) is 4.78. The van der Waals surface area contributed by atoms with Crippen molar-refractivity contribution in [1.29, 1.82) is 0 Å². The van der Waals surface area contributed by atoms with Gasteiger partial charge >= 0.3 is 0 Å². The monoisotopic (exact) mass is 466 g/mol. The van der Waals surface area contributed by atoms with Crippen LogP contribution in [-0.2, 0) is 9.59 Å². The van der Waals surface area contributed by atoms with Gasteiger partial charge in [0, 0.05) is 24.2 Å². The summed E-state index contributed by atoms with van der Waals surface area (Å²) in [5, 5.41) is 11.2. The van der Waals surface area contributed by atoms with E-state index in [1.165, 1.54) is 19.1 Å². The van der Waals surface area contributed by atoms with Crippen LogP contribution in [0.4, 0.5) is 0 Å². The van der Waals surface area contributed by atoms with Gasteiger partial charge in [0.25, 0.3) is 11.7 Å². The highest BCUT2D eigenvalue weighted by molar-refractivity contribution is 6.46. The number of benzene rings is 2. The summed E-state index contributed by atoms with van der Waals surface area (Å²) in [6.07, 6.45) is 1.63. The number of ketones is 1. The Kier molecular flexibility index (Phi) is 7.96. The van der Waals surface area contributed by atoms with E-state index in [0.717, 1.165) is 0 Å². The Hall–Kier alpha value is -3.78. The number of likely N-dealkylation sites (tertiary alicyclic amines) is 1. The number of rotatable bonds is 10. The molecular formula is C26H30N2O6. The minimum atomic E-state index is -0.846. The van der Waals surface area contributed by atoms with Gasteiger partial charge in [0.1, 0.15) is 29.6 Å². The lowest BCUT2D eigenvalue weighted by Gasteiger charge is -2.28. The van der Waals surface area contributed by atoms with E-state index in [-0.39, 0.29) is 17.9 Å². The Morgan fingerprint density at radius 3 is 2.35 bits per heavy atom. The Balaban J connectivity index is 2.16. The molecule has 0 aromatic heterocycles. The fraction of sp³-hybridized carbons (Fsp3) is 0.308. The maximum absolute atomic E-state index is 13.2. The van der Waals surface area contributed by atoms with E-state index in [1.54, 1.807) is 48.5 Å². The largest absolute Gasteiger partial charge is 0.507 e. The average Bonchev–Trinajstić information content (AvgIpc) is 3.10. The Morgan fingerprint density at radius 1 is 1.09 bits per heavy atom. The number of methoxy groups -OCH3 is 2. The number of Topliss-reactive ketones (excluding diaryl/α,β-unsaturated/α-hetero) is 1. The van der Waals surface area contributed by atoms with Crippen molar-refractivity contribution in [3.8, 4) is 17.2 Å². The van der Waals surface area contributed by atoms with Gasteiger partial charge in [-0.2, -0.15) is 0 Å². The molecule has 180 valence electrons. The summed E-state index contributed by atoms with van der Waals surface area (Å²) in [4.78, 5) is 29.7. The quantitative estimate of drug-likeness (QED) is 0.249. The maximum Gasteiger partial charge on any atom is 0.295 e. The van der Waals surface area contributed by atoms with E-state index < -0.39 is 17.7 Å². The molecule has 3 rings (SSSR count). The summed E-state index contributed by atoms with van der Waals surface area (Å²) < 4.78 is 16.4. The van der Waals surface area contributed by atoms with Crippen LogP contribution in [0, 0.1) is 0 Å². The number of ether oxygens (including phenoxy) is 3. The second kappa shape index (κ2) is 10.9. The van der Waals surface area contributed by atoms with Gasteiger partial charge in [-0.3, -0.25) is 9.59 Å². The van der Waals surface area contributed by atoms with E-state index in [1.807, 2.05) is 19.0 Å². The van der Waals surface area contributed by atoms with Crippen molar-refractivity contribution in [3.05, 3.63) is 71.8 Å². The van der Waals surface area contributed by atoms with E-state index >= 15 is 0 Å². The number of aliphatic hydroxyl groups is 1. The lowest BCUT2D eigenvalue weighted by atomic mass is 9.94. The third kappa shape index (κ3) is 5.07. The molecule has 1 saturated heterocycles. The van der Waals surface area contributed by atoms with Crippen molar-refractivity contribution in [1.82, 2.24) is 9.80 Å². The second-order valence-electron chi connectivity index (χ2n) is 8.03. The normalized spacial score (nSPS) is 17.2. The Bertz CT molecular complexity index is 1090. The molecule has 0 saturated carbocycles. The summed E-state index contributed by atoms with van der Waals surface area (Å²) in [7, 11) is 6.81. The standard InChI is InChI=1S/C26H30N2O6/c1-6-15-34-18-9-7-17(8-10-18)24(29)22-23(20-16-19(32-4)11-12-21(20)33-5)28(14-13-27(2)3)26(31)25(22)30/h6-12,16,23,29H,1,13-15H2,2-5H3/b24-22+/t23-/m0/s1. The smallest absolute Gasteiger partial charge is 0.295 e. The molecule has 8 nitrogen and oxygen atoms in total. The third-order valence-electron chi connectivity index (χ3n) is 5.56. The third-order valence-corrected chi connectivity index (χ3v) is 5.56. The van der Waals surface area contributed by atoms with Gasteiger partial charge in [-0.1, -0.05) is 12.7 Å². The molecule has 1 heterocycles. The van der Waals surface area contributed by atoms with Crippen LogP contribution >= 0.6 is 0 Å². The first-order chi connectivity index (χ1) is 16.3. The molecule has 1 atom stereocenters. The molecule has 1 aliphatic rings. The van der Waals surface area contributed by atoms with Crippen LogP contribution in [0.1, 0.15) is 17.2 Å². The highest BCUT2D eigenvalue weighted by Gasteiger charge is 2.47. The molecule has 1 N–H and O–H groups in total. The molecule has 0 unspecified atom stereocenters. The van der Waals surface area contributed by atoms with Gasteiger partial charge in [-0.05, 0) is 56.6 Å². The van der Waals surface area contributed by atoms with Crippen LogP contribution in [0.15, 0.2) is 60.7 Å². The molecule has 1 fully saturated rings. The Morgan fingerprint density at radius 2 is 1.76 bits per heavy atom. The second-order valence-corrected chi connectivity index (χ2v) is 8.03. The fourth-order valence-corrected chi connectivity index (χ4v) is 3.81. The van der Waals surface area contributed by atoms with Crippen LogP contribution in [0.2, 0.25) is 0 Å². The molecule has 34 heavy (non-hydrogen) atoms. The number of likely N-dealkylation sites (N-methyl/N-ethyl adjacent to an activating group) is 1. The average molecular weight is 467 g/mol. The first-order valence-electron chi connectivity index (χ1n) is 10.8. The van der Waals surface area contributed by atoms with Gasteiger partial charge in [-0.15, -0.1) is 0 Å². The molecule has 2 aromatic rings. The number of carbonyl (C=O) groups excluding carboxylic acids is 2. The van der Waals surface area contributed by atoms with Crippen LogP contribution in [0.25, 0.3) is 5.76 Å². The fourth-order valence-electron chi connectivity index (χ4n) is 3.81. The van der Waals surface area contributed by atoms with E-state index in [0.29, 0.717) is 41.5 Å². The van der Waals surface area contributed by atoms with Crippen LogP contribution in [0.3, 0.4) is 0 Å². The lowest BCUT2D eigenvalue weighted by Crippen LogP contribution is -2.35. The minimum absolute atomic E-state index is 0.00457. The van der Waals surface area contributed by atoms with Crippen LogP contribution < -0.4 is 14.2 Å². The van der Waals surface area contributed by atoms with Gasteiger partial charge in [-0.25, -0.2) is 0 Å². The van der Waals surface area contributed by atoms with Gasteiger partial charge < -0.3 is 29.1 Å². The minimum Gasteiger partial charge on any atom is -0.507 e. The zero-order valence-corrected chi connectivity index (χ0v) is 19.9. The maximum atomic E-state index is 13.2. The highest BCUT2D eigenvalue weighted by Crippen LogP contribution is 2.43. The molecule has 1 aliphatic heterocycles. The number of aliphatic hydroxyl groups excluding tert-OH is 1. The van der Waals surface area contributed by atoms with Gasteiger partial charge in [0.2, 0.25) is 0 Å². The highest BCUT2D eigenvalue weighted by atomic mass is 16.5. The number of hydrogen-bond donors (Lipinski definition) is 1. The molecule has 0 aliphatic carbocycles. The Labute approximate surface area is 199 Å². The molecule has 0 bridgehead atoms. The molecule has 0 spiro atoms. The number of amides is 1. The number of carbonyl (C=O) groups is 2. The van der Waals surface area contributed by atoms with Crippen molar-refractivity contribution in [3.63, 3.8) is 0 Å². The molecular weight excluding hydrogens is 436 g/mol. The van der Waals surface area contributed by atoms with Gasteiger partial charge in [0.15, 0.2) is 0 Å². The van der Waals surface area contributed by atoms with E-state index in [4.69, 9.17) is 14.2 Å². The topological polar surface area (TPSA) is 88.5 Å². The molecule has 1 amide bonds. The van der Waals surface area contributed by atoms with Crippen molar-refractivity contribution in [2.24, 2.45) is 0 Å². The molecule has 0 radical (unpaired) electrons. The van der Waals surface area contributed by atoms with Crippen molar-refractivity contribution >= 4 is 17.4 Å². The predicted molar refractivity (Wildman–Crippen MR) is 129 cm³/mol. The molecule has 2 aromatic carbocycles. The molecule has 8 heteroatoms. The van der Waals surface area contributed by atoms with Crippen LogP contribution in [0.5, 0.6) is 17.2 Å². The number of hydrogen-bond acceptors (Lipinski definition) is 7. The predicted octanol–water partition coefficient (Wildman–Crippen LogP) is 3.25. The lowest BCUT2D eigenvalue weighted by molar-refractivity contribution is -0.140. The van der Waals surface area contributed by atoms with E-state index in [9.17, 15) is 14.7 Å². The summed E-state index contributed by atoms with van der Waals surface area (Å²) in [5.74, 6) is -0.0913. The zero-order valence-electron chi connectivity index (χ0n) is 19.9. The van der Waals surface area contributed by atoms with Gasteiger partial charge in [0.05, 0.1) is 25.8 Å². The first kappa shape index (κ1) is 24.9. The first-order valence-corrected chi connectivity index (χ1v) is 10.8. The summed E-state index contributed by atoms with van der Waals surface area (Å²) in [5.41, 5.74) is 0.936. The van der Waals surface area contributed by atoms with Crippen molar-refractivity contribution in [2.75, 3.05) is 48.0 Å². The number of nitrogens with zero attached hydrogens (tertiary/aromatic N) is 2. The summed E-state index contributed by atoms with van der Waals surface area (Å²) in [6, 6.07) is 11.0. The van der Waals surface area contributed by atoms with Crippen molar-refractivity contribution in [2.45, 2.75) is 6.04 Å². The SMILES string of the molecule is C=CCOc1ccc(/C(O)=C2\C(=O)C(=O)N(CCN(C)C)[C@H]2c2cc(OC)ccc2OC)cc1. The van der Waals surface area contributed by atoms with Crippen molar-refractivity contribution < 1.29 is 28.9 Å². The van der Waals surface area contributed by atoms with Crippen LogP contribution in [-0.4, -0.2) is 74.6 Å². The summed E-state index contributed by atoms with van der Waals surface area (Å²) >= 11 is 0. The zero-order chi connectivity index (χ0) is 24.8. The van der Waals surface area contributed by atoms with E-state index in [2.05, 4.69) is 6.58 Å².